The Kier molecular flexibility index (Phi) is 6.03. The highest BCUT2D eigenvalue weighted by Gasteiger charge is 2.87. The van der Waals surface area contributed by atoms with E-state index in [1.54, 1.807) is 49.9 Å². The van der Waals surface area contributed by atoms with E-state index in [2.05, 4.69) is 145 Å². The Hall–Kier alpha value is -5.38. The first kappa shape index (κ1) is 34.9. The molecule has 1 spiro atoms. The average Bonchev–Trinajstić information content (AvgIpc) is 3.65. The molecule has 5 unspecified atom stereocenters. The highest BCUT2D eigenvalue weighted by atomic mass is 32.1. The molecule has 7 saturated carbocycles. The maximum Gasteiger partial charge on any atom is 0.329 e. The molecule has 8 aliphatic carbocycles. The van der Waals surface area contributed by atoms with E-state index in [1.807, 2.05) is 11.3 Å². The smallest absolute Gasteiger partial charge is 0.329 e. The van der Waals surface area contributed by atoms with Crippen LogP contribution >= 0.6 is 11.3 Å². The molecular weight excluding hydrogens is 802 g/mol. The standard InChI is InChI=1S/C62H50BNS/c1-33-21-52-47-19-20-48-46-9-5-6-10-55(46)65-59(48)58(47)64(45-17-12-35(13-18-45)34-7-3-2-4-8-34)63-54-30-40(60-31-43-26-42-27-44(32-60)62(42,43)60)29-51-49-28-39(61-37-15-16-38(61)25-41(61)24-37)14-11-36(49)23-50(56(51)54)53(22-33)57(52)63/h2-14,17-22,28-30,37-38,41-44,50H,15-16,23-27,31-32H2,1H3. The Bertz CT molecular complexity index is 3480. The molecule has 3 heterocycles. The van der Waals surface area contributed by atoms with Crippen molar-refractivity contribution in [2.45, 2.75) is 81.5 Å². The zero-order valence-corrected chi connectivity index (χ0v) is 37.9. The number of rotatable bonds is 4. The quantitative estimate of drug-likeness (QED) is 0.159. The highest BCUT2D eigenvalue weighted by Crippen LogP contribution is 2.92. The van der Waals surface area contributed by atoms with Crippen LogP contribution in [0, 0.1) is 47.8 Å². The van der Waals surface area contributed by atoms with E-state index < -0.39 is 0 Å². The summed E-state index contributed by atoms with van der Waals surface area (Å²) in [6.45, 7) is 2.45. The van der Waals surface area contributed by atoms with Crippen LogP contribution in [0.1, 0.15) is 90.7 Å². The molecule has 3 heteroatoms. The molecule has 10 aliphatic rings. The zero-order valence-electron chi connectivity index (χ0n) is 37.0. The lowest BCUT2D eigenvalue weighted by Crippen LogP contribution is -2.87. The second kappa shape index (κ2) is 11.2. The Labute approximate surface area is 386 Å². The van der Waals surface area contributed by atoms with Gasteiger partial charge in [-0.25, -0.2) is 0 Å². The van der Waals surface area contributed by atoms with Gasteiger partial charge in [0.1, 0.15) is 0 Å². The Morgan fingerprint density at radius 3 is 2.14 bits per heavy atom. The molecular formula is C62H50BNS. The number of fused-ring (bicyclic) bond motifs is 10. The van der Waals surface area contributed by atoms with Gasteiger partial charge in [0.15, 0.2) is 0 Å². The van der Waals surface area contributed by atoms with Crippen LogP contribution in [-0.4, -0.2) is 6.85 Å². The lowest BCUT2D eigenvalue weighted by Gasteiger charge is -2.91. The fourth-order valence-corrected chi connectivity index (χ4v) is 20.5. The molecule has 0 bridgehead atoms. The van der Waals surface area contributed by atoms with Gasteiger partial charge in [-0.2, -0.15) is 0 Å². The van der Waals surface area contributed by atoms with Gasteiger partial charge in [0.25, 0.3) is 0 Å². The van der Waals surface area contributed by atoms with Crippen molar-refractivity contribution >= 4 is 60.7 Å². The largest absolute Gasteiger partial charge is 0.375 e. The van der Waals surface area contributed by atoms with Crippen LogP contribution in [0.4, 0.5) is 11.4 Å². The number of benzene rings is 7. The van der Waals surface area contributed by atoms with Crippen LogP contribution in [0.3, 0.4) is 0 Å². The third-order valence-corrected chi connectivity index (χ3v) is 22.7. The summed E-state index contributed by atoms with van der Waals surface area (Å²) in [4.78, 5) is 2.87. The van der Waals surface area contributed by atoms with E-state index in [0.717, 1.165) is 41.9 Å². The molecule has 0 N–H and O–H groups in total. The predicted octanol–water partition coefficient (Wildman–Crippen LogP) is 14.0. The minimum absolute atomic E-state index is 0.0810. The fourth-order valence-electron chi connectivity index (χ4n) is 19.3. The van der Waals surface area contributed by atoms with Crippen LogP contribution in [0.25, 0.3) is 53.6 Å². The molecule has 0 amide bonds. The molecule has 0 radical (unpaired) electrons. The van der Waals surface area contributed by atoms with Gasteiger partial charge in [0.05, 0.1) is 10.4 Å². The predicted molar refractivity (Wildman–Crippen MR) is 270 cm³/mol. The maximum atomic E-state index is 2.88. The molecule has 312 valence electrons. The summed E-state index contributed by atoms with van der Waals surface area (Å²) < 4.78 is 2.80. The van der Waals surface area contributed by atoms with Gasteiger partial charge >= 0.3 is 6.85 Å². The van der Waals surface area contributed by atoms with E-state index in [-0.39, 0.29) is 6.85 Å². The van der Waals surface area contributed by atoms with Crippen molar-refractivity contribution in [3.8, 4) is 33.4 Å². The minimum Gasteiger partial charge on any atom is -0.375 e. The van der Waals surface area contributed by atoms with Crippen molar-refractivity contribution in [1.29, 1.82) is 0 Å². The third-order valence-electron chi connectivity index (χ3n) is 21.5. The normalized spacial score (nSPS) is 33.3. The Morgan fingerprint density at radius 2 is 1.35 bits per heavy atom. The molecule has 65 heavy (non-hydrogen) atoms. The number of anilines is 2. The van der Waals surface area contributed by atoms with Gasteiger partial charge in [-0.05, 0) is 190 Å². The van der Waals surface area contributed by atoms with Crippen molar-refractivity contribution in [2.24, 2.45) is 40.9 Å². The summed E-state index contributed by atoms with van der Waals surface area (Å²) in [5.74, 6) is 6.01. The van der Waals surface area contributed by atoms with E-state index in [0.29, 0.717) is 22.2 Å². The van der Waals surface area contributed by atoms with Crippen molar-refractivity contribution in [3.05, 3.63) is 167 Å². The van der Waals surface area contributed by atoms with Gasteiger partial charge in [0, 0.05) is 43.5 Å². The molecule has 2 aliphatic heterocycles. The number of hydrogen-bond donors (Lipinski definition) is 0. The Morgan fingerprint density at radius 1 is 0.600 bits per heavy atom. The van der Waals surface area contributed by atoms with E-state index in [9.17, 15) is 0 Å². The van der Waals surface area contributed by atoms with Gasteiger partial charge in [-0.1, -0.05) is 121 Å². The van der Waals surface area contributed by atoms with Gasteiger partial charge < -0.3 is 4.81 Å². The summed E-state index contributed by atoms with van der Waals surface area (Å²) in [5.41, 5.74) is 25.6. The van der Waals surface area contributed by atoms with Gasteiger partial charge in [0.2, 0.25) is 0 Å². The summed E-state index contributed by atoms with van der Waals surface area (Å²) in [7, 11) is 0. The van der Waals surface area contributed by atoms with Crippen LogP contribution in [0.5, 0.6) is 0 Å². The molecule has 1 nitrogen and oxygen atoms in total. The highest BCUT2D eigenvalue weighted by molar-refractivity contribution is 7.26. The van der Waals surface area contributed by atoms with E-state index in [4.69, 9.17) is 0 Å². The minimum atomic E-state index is 0.0810. The zero-order chi connectivity index (χ0) is 41.9. The van der Waals surface area contributed by atoms with Crippen molar-refractivity contribution < 1.29 is 0 Å². The van der Waals surface area contributed by atoms with E-state index in [1.165, 1.54) is 111 Å². The van der Waals surface area contributed by atoms with Gasteiger partial charge in [-0.15, -0.1) is 11.3 Å². The fraction of sp³-hybridized carbons (Fsp3) is 0.323. The molecule has 5 atom stereocenters. The summed E-state index contributed by atoms with van der Waals surface area (Å²) in [5, 5.41) is 2.76. The first-order valence-electron chi connectivity index (χ1n) is 25.4. The maximum absolute atomic E-state index is 2.88. The van der Waals surface area contributed by atoms with Crippen molar-refractivity contribution in [1.82, 2.24) is 0 Å². The second-order valence-corrected chi connectivity index (χ2v) is 24.2. The van der Waals surface area contributed by atoms with E-state index >= 15 is 0 Å². The summed E-state index contributed by atoms with van der Waals surface area (Å²) in [6.07, 6.45) is 12.8. The summed E-state index contributed by atoms with van der Waals surface area (Å²) >= 11 is 2.00. The molecule has 0 saturated heterocycles. The van der Waals surface area contributed by atoms with Crippen LogP contribution in [0.15, 0.2) is 133 Å². The lowest BCUT2D eigenvalue weighted by atomic mass is 9.12. The van der Waals surface area contributed by atoms with Crippen LogP contribution < -0.4 is 15.7 Å². The number of thiophene rings is 1. The van der Waals surface area contributed by atoms with Crippen molar-refractivity contribution in [2.75, 3.05) is 4.81 Å². The first-order valence-corrected chi connectivity index (χ1v) is 26.2. The molecule has 1 aromatic heterocycles. The van der Waals surface area contributed by atoms with Crippen molar-refractivity contribution in [3.63, 3.8) is 0 Å². The van der Waals surface area contributed by atoms with Gasteiger partial charge in [-0.3, -0.25) is 0 Å². The average molecular weight is 852 g/mol. The first-order chi connectivity index (χ1) is 32.0. The molecule has 8 aromatic rings. The SMILES string of the molecule is Cc1cc2c3c(c1)C1Cc4ccc(C56C7CCC5CC6C7)cc4-c4cc(C56CC7CC8CC(C5)C876)cc(c41)B3N(c1ccc(-c3ccccc3)cc1)c1c-2ccc2c1sc1ccccc12. The van der Waals surface area contributed by atoms with Crippen LogP contribution in [0.2, 0.25) is 0 Å². The molecule has 18 rings (SSSR count). The number of nitrogens with zero attached hydrogens (tertiary/aromatic N) is 1. The number of hydrogen-bond acceptors (Lipinski definition) is 2. The Balaban J connectivity index is 0.933. The lowest BCUT2D eigenvalue weighted by molar-refractivity contribution is -0.395. The molecule has 7 aromatic carbocycles. The second-order valence-electron chi connectivity index (χ2n) is 23.2. The topological polar surface area (TPSA) is 3.24 Å². The monoisotopic (exact) mass is 851 g/mol. The number of aryl methyl sites for hydroxylation is 1. The third kappa shape index (κ3) is 3.69. The summed E-state index contributed by atoms with van der Waals surface area (Å²) in [6, 6.07) is 53.8. The molecule has 7 fully saturated rings. The van der Waals surface area contributed by atoms with Crippen LogP contribution in [-0.2, 0) is 17.3 Å².